The number of carbonyl (C=O) groups is 1. The summed E-state index contributed by atoms with van der Waals surface area (Å²) >= 11 is 0. The van der Waals surface area contributed by atoms with Gasteiger partial charge in [0.1, 0.15) is 11.2 Å². The number of hydrogen-bond acceptors (Lipinski definition) is 5. The number of nitrogens with zero attached hydrogens (tertiary/aromatic N) is 1. The topological polar surface area (TPSA) is 101 Å². The van der Waals surface area contributed by atoms with Gasteiger partial charge in [-0.1, -0.05) is 54.1 Å². The Balaban J connectivity index is 1.78. The average Bonchev–Trinajstić information content (AvgIpc) is 3.23. The number of H-pyrrole nitrogens is 1. The van der Waals surface area contributed by atoms with Crippen molar-refractivity contribution in [3.05, 3.63) is 89.2 Å². The first-order chi connectivity index (χ1) is 14.5. The monoisotopic (exact) mass is 401 g/mol. The Kier molecular flexibility index (Phi) is 5.11. The molecule has 1 atom stereocenters. The zero-order chi connectivity index (χ0) is 21.3. The fourth-order valence-corrected chi connectivity index (χ4v) is 3.73. The van der Waals surface area contributed by atoms with E-state index in [9.17, 15) is 9.90 Å². The number of ether oxygens (including phenoxy) is 1. The normalized spacial score (nSPS) is 13.2. The summed E-state index contributed by atoms with van der Waals surface area (Å²) in [6.45, 7) is 2.05. The van der Waals surface area contributed by atoms with Crippen molar-refractivity contribution in [2.75, 3.05) is 13.7 Å². The maximum absolute atomic E-state index is 12.2. The molecular weight excluding hydrogens is 378 g/mol. The van der Waals surface area contributed by atoms with Crippen LogP contribution in [-0.4, -0.2) is 34.7 Å². The standard InChI is InChI=1S/C24H23N3O3/c1-15-3-7-17(8-4-15)24(29,14-25)18-9-5-16(6-10-18)19-11-12-26-22-21(19)20(13-27-22)23(28)30-2/h3-13,29H,14,25H2,1-2H3,(H,26,27). The molecule has 4 aromatic rings. The van der Waals surface area contributed by atoms with E-state index in [1.54, 1.807) is 12.4 Å². The minimum atomic E-state index is -1.29. The summed E-state index contributed by atoms with van der Waals surface area (Å²) in [7, 11) is 1.35. The molecule has 0 amide bonds. The molecular formula is C24H23N3O3. The maximum Gasteiger partial charge on any atom is 0.340 e. The van der Waals surface area contributed by atoms with Gasteiger partial charge in [-0.25, -0.2) is 9.78 Å². The van der Waals surface area contributed by atoms with E-state index in [1.807, 2.05) is 61.5 Å². The molecule has 0 saturated heterocycles. The van der Waals surface area contributed by atoms with Crippen molar-refractivity contribution in [3.8, 4) is 11.1 Å². The van der Waals surface area contributed by atoms with Gasteiger partial charge in [0.05, 0.1) is 12.7 Å². The highest BCUT2D eigenvalue weighted by molar-refractivity contribution is 6.09. The lowest BCUT2D eigenvalue weighted by Crippen LogP contribution is -2.36. The van der Waals surface area contributed by atoms with Crippen molar-refractivity contribution in [2.45, 2.75) is 12.5 Å². The van der Waals surface area contributed by atoms with Crippen molar-refractivity contribution in [2.24, 2.45) is 5.73 Å². The Morgan fingerprint density at radius 1 is 1.10 bits per heavy atom. The minimum absolute atomic E-state index is 0.0548. The van der Waals surface area contributed by atoms with Gasteiger partial charge < -0.3 is 20.6 Å². The third-order valence-electron chi connectivity index (χ3n) is 5.48. The number of aliphatic hydroxyl groups is 1. The van der Waals surface area contributed by atoms with E-state index in [2.05, 4.69) is 9.97 Å². The Bertz CT molecular complexity index is 1200. The highest BCUT2D eigenvalue weighted by Crippen LogP contribution is 2.34. The number of nitrogens with two attached hydrogens (primary N) is 1. The van der Waals surface area contributed by atoms with Gasteiger partial charge in [0.2, 0.25) is 0 Å². The van der Waals surface area contributed by atoms with Crippen LogP contribution in [0.25, 0.3) is 22.2 Å². The van der Waals surface area contributed by atoms with Gasteiger partial charge in [-0.2, -0.15) is 0 Å². The predicted octanol–water partition coefficient (Wildman–Crippen LogP) is 3.52. The van der Waals surface area contributed by atoms with Gasteiger partial charge in [0.15, 0.2) is 0 Å². The van der Waals surface area contributed by atoms with E-state index in [4.69, 9.17) is 10.5 Å². The summed E-state index contributed by atoms with van der Waals surface area (Å²) in [4.78, 5) is 19.5. The van der Waals surface area contributed by atoms with Gasteiger partial charge in [0, 0.05) is 24.3 Å². The van der Waals surface area contributed by atoms with E-state index in [0.717, 1.165) is 22.3 Å². The zero-order valence-electron chi connectivity index (χ0n) is 16.8. The molecule has 0 aliphatic rings. The molecule has 1 unspecified atom stereocenters. The summed E-state index contributed by atoms with van der Waals surface area (Å²) in [6, 6.07) is 17.1. The third-order valence-corrected chi connectivity index (χ3v) is 5.48. The summed E-state index contributed by atoms with van der Waals surface area (Å²) < 4.78 is 4.90. The minimum Gasteiger partial charge on any atom is -0.465 e. The van der Waals surface area contributed by atoms with E-state index >= 15 is 0 Å². The Morgan fingerprint density at radius 3 is 2.33 bits per heavy atom. The van der Waals surface area contributed by atoms with Crippen LogP contribution in [0.15, 0.2) is 67.0 Å². The number of pyridine rings is 1. The van der Waals surface area contributed by atoms with Crippen LogP contribution in [0.3, 0.4) is 0 Å². The van der Waals surface area contributed by atoms with Crippen LogP contribution in [0.2, 0.25) is 0 Å². The second-order valence-electron chi connectivity index (χ2n) is 7.28. The summed E-state index contributed by atoms with van der Waals surface area (Å²) in [5.41, 5.74) is 10.0. The van der Waals surface area contributed by atoms with Crippen LogP contribution in [0.4, 0.5) is 0 Å². The molecule has 4 N–H and O–H groups in total. The van der Waals surface area contributed by atoms with E-state index < -0.39 is 11.6 Å². The molecule has 6 heteroatoms. The average molecular weight is 401 g/mol. The molecule has 4 rings (SSSR count). The Labute approximate surface area is 174 Å². The first-order valence-electron chi connectivity index (χ1n) is 9.63. The van der Waals surface area contributed by atoms with Crippen LogP contribution in [0.1, 0.15) is 27.0 Å². The fourth-order valence-electron chi connectivity index (χ4n) is 3.73. The number of esters is 1. The smallest absolute Gasteiger partial charge is 0.340 e. The highest BCUT2D eigenvalue weighted by atomic mass is 16.5. The molecule has 152 valence electrons. The van der Waals surface area contributed by atoms with Crippen molar-refractivity contribution in [1.82, 2.24) is 9.97 Å². The molecule has 0 spiro atoms. The molecule has 2 aromatic carbocycles. The molecule has 0 bridgehead atoms. The van der Waals surface area contributed by atoms with Crippen LogP contribution in [0, 0.1) is 6.92 Å². The Morgan fingerprint density at radius 2 is 1.73 bits per heavy atom. The molecule has 2 heterocycles. The van der Waals surface area contributed by atoms with Crippen molar-refractivity contribution < 1.29 is 14.6 Å². The van der Waals surface area contributed by atoms with Crippen LogP contribution < -0.4 is 5.73 Å². The van der Waals surface area contributed by atoms with Crippen LogP contribution >= 0.6 is 0 Å². The first-order valence-corrected chi connectivity index (χ1v) is 9.63. The van der Waals surface area contributed by atoms with Crippen molar-refractivity contribution in [1.29, 1.82) is 0 Å². The van der Waals surface area contributed by atoms with E-state index in [0.29, 0.717) is 22.2 Å². The van der Waals surface area contributed by atoms with Crippen LogP contribution in [0.5, 0.6) is 0 Å². The molecule has 2 aromatic heterocycles. The number of aryl methyl sites for hydroxylation is 1. The maximum atomic E-state index is 12.2. The molecule has 0 aliphatic heterocycles. The zero-order valence-corrected chi connectivity index (χ0v) is 16.8. The number of carbonyl (C=O) groups excluding carboxylic acids is 1. The second-order valence-corrected chi connectivity index (χ2v) is 7.28. The second kappa shape index (κ2) is 7.74. The lowest BCUT2D eigenvalue weighted by molar-refractivity contribution is 0.0603. The molecule has 0 fully saturated rings. The highest BCUT2D eigenvalue weighted by Gasteiger charge is 2.30. The van der Waals surface area contributed by atoms with E-state index in [-0.39, 0.29) is 6.54 Å². The Hall–Kier alpha value is -3.48. The largest absolute Gasteiger partial charge is 0.465 e. The predicted molar refractivity (Wildman–Crippen MR) is 116 cm³/mol. The van der Waals surface area contributed by atoms with Gasteiger partial charge >= 0.3 is 5.97 Å². The lowest BCUT2D eigenvalue weighted by atomic mass is 9.85. The lowest BCUT2D eigenvalue weighted by Gasteiger charge is -2.28. The molecule has 0 saturated carbocycles. The van der Waals surface area contributed by atoms with Gasteiger partial charge in [-0.05, 0) is 35.2 Å². The fraction of sp³-hybridized carbons (Fsp3) is 0.167. The number of benzene rings is 2. The van der Waals surface area contributed by atoms with Crippen molar-refractivity contribution in [3.63, 3.8) is 0 Å². The number of aromatic nitrogens is 2. The summed E-state index contributed by atoms with van der Waals surface area (Å²) in [5, 5.41) is 12.0. The van der Waals surface area contributed by atoms with Crippen molar-refractivity contribution >= 4 is 17.0 Å². The van der Waals surface area contributed by atoms with Gasteiger partial charge in [-0.3, -0.25) is 0 Å². The van der Waals surface area contributed by atoms with Gasteiger partial charge in [0.25, 0.3) is 0 Å². The quantitative estimate of drug-likeness (QED) is 0.444. The first kappa shape index (κ1) is 19.8. The SMILES string of the molecule is COC(=O)c1c[nH]c2nccc(-c3ccc(C(O)(CN)c4ccc(C)cc4)cc3)c12. The molecule has 30 heavy (non-hydrogen) atoms. The molecule has 6 nitrogen and oxygen atoms in total. The number of nitrogens with one attached hydrogen (secondary N) is 1. The number of methoxy groups -OCH3 is 1. The molecule has 0 radical (unpaired) electrons. The summed E-state index contributed by atoms with van der Waals surface area (Å²) in [5.74, 6) is -0.427. The number of fused-ring (bicyclic) bond motifs is 1. The molecule has 0 aliphatic carbocycles. The van der Waals surface area contributed by atoms with Gasteiger partial charge in [-0.15, -0.1) is 0 Å². The number of aromatic amines is 1. The van der Waals surface area contributed by atoms with Crippen LogP contribution in [-0.2, 0) is 10.3 Å². The number of hydrogen-bond donors (Lipinski definition) is 3. The van der Waals surface area contributed by atoms with E-state index in [1.165, 1.54) is 7.11 Å². The number of rotatable bonds is 5. The third kappa shape index (κ3) is 3.26. The summed E-state index contributed by atoms with van der Waals surface area (Å²) in [6.07, 6.45) is 3.29.